The van der Waals surface area contributed by atoms with Gasteiger partial charge in [0.25, 0.3) is 0 Å². The lowest BCUT2D eigenvalue weighted by molar-refractivity contribution is -0.142. The van der Waals surface area contributed by atoms with Crippen LogP contribution in [0.15, 0.2) is 84.9 Å². The first-order chi connectivity index (χ1) is 20.8. The molecule has 6 rings (SSSR count). The van der Waals surface area contributed by atoms with Crippen LogP contribution in [0.5, 0.6) is 11.6 Å². The lowest BCUT2D eigenvalue weighted by atomic mass is 9.74. The zero-order valence-electron chi connectivity index (χ0n) is 23.1. The molecule has 220 valence electrons. The summed E-state index contributed by atoms with van der Waals surface area (Å²) in [7, 11) is 0. The second kappa shape index (κ2) is 12.0. The number of piperidine rings is 2. The van der Waals surface area contributed by atoms with Crippen LogP contribution in [0.3, 0.4) is 0 Å². The van der Waals surface area contributed by atoms with E-state index in [1.807, 2.05) is 24.3 Å². The lowest BCUT2D eigenvalue weighted by Gasteiger charge is -2.45. The van der Waals surface area contributed by atoms with Gasteiger partial charge >= 0.3 is 0 Å². The number of carbonyl (C=O) groups is 2. The Morgan fingerprint density at radius 2 is 1.63 bits per heavy atom. The normalized spacial score (nSPS) is 20.8. The third-order valence-electron chi connectivity index (χ3n) is 8.11. The van der Waals surface area contributed by atoms with E-state index in [0.717, 1.165) is 43.8 Å². The van der Waals surface area contributed by atoms with Crippen molar-refractivity contribution in [1.82, 2.24) is 9.29 Å². The molecule has 2 saturated heterocycles. The molecule has 43 heavy (non-hydrogen) atoms. The maximum Gasteiger partial charge on any atom is 0.248 e. The van der Waals surface area contributed by atoms with Crippen molar-refractivity contribution in [1.29, 1.82) is 0 Å². The van der Waals surface area contributed by atoms with Crippen molar-refractivity contribution in [3.63, 3.8) is 0 Å². The Balaban J connectivity index is 1.43. The molecule has 0 aliphatic carbocycles. The number of ketones is 1. The highest BCUT2D eigenvalue weighted by molar-refractivity contribution is 7.78. The van der Waals surface area contributed by atoms with Crippen molar-refractivity contribution in [3.05, 3.63) is 118 Å². The summed E-state index contributed by atoms with van der Waals surface area (Å²) < 4.78 is 34.4. The Morgan fingerprint density at radius 1 is 0.884 bits per heavy atom. The minimum absolute atomic E-state index is 0.0424. The number of hydrogen-bond acceptors (Lipinski definition) is 6. The van der Waals surface area contributed by atoms with Crippen LogP contribution in [-0.4, -0.2) is 34.1 Å². The fraction of sp³-hybridized carbons (Fsp3) is 0.242. The molecule has 0 spiro atoms. The molecular weight excluding hydrogens is 592 g/mol. The molecule has 4 aromatic rings. The quantitative estimate of drug-likeness (QED) is 0.179. The summed E-state index contributed by atoms with van der Waals surface area (Å²) in [6.45, 7) is 1.93. The number of nitrogens with zero attached hydrogens (tertiary/aromatic N) is 3. The number of aromatic nitrogens is 1. The largest absolute Gasteiger partial charge is 0.439 e. The Morgan fingerprint density at radius 3 is 2.35 bits per heavy atom. The van der Waals surface area contributed by atoms with E-state index in [1.165, 1.54) is 16.8 Å². The van der Waals surface area contributed by atoms with E-state index >= 15 is 0 Å². The van der Waals surface area contributed by atoms with E-state index in [4.69, 9.17) is 29.2 Å². The van der Waals surface area contributed by atoms with Crippen LogP contribution in [0.4, 0.5) is 14.5 Å². The molecule has 6 nitrogen and oxygen atoms in total. The third-order valence-corrected chi connectivity index (χ3v) is 9.00. The number of benzene rings is 3. The molecule has 10 heteroatoms. The Labute approximate surface area is 258 Å². The Hall–Kier alpha value is -3.95. The maximum absolute atomic E-state index is 14.0. The predicted octanol–water partition coefficient (Wildman–Crippen LogP) is 7.47. The van der Waals surface area contributed by atoms with E-state index in [2.05, 4.69) is 9.88 Å². The van der Waals surface area contributed by atoms with Crippen LogP contribution in [0, 0.1) is 11.6 Å². The van der Waals surface area contributed by atoms with Gasteiger partial charge in [0.2, 0.25) is 11.8 Å². The summed E-state index contributed by atoms with van der Waals surface area (Å²) in [5.74, 6) is -3.95. The molecule has 0 radical (unpaired) electrons. The van der Waals surface area contributed by atoms with E-state index in [0.29, 0.717) is 21.8 Å². The van der Waals surface area contributed by atoms with E-state index < -0.39 is 29.0 Å². The molecule has 3 heterocycles. The number of halogens is 3. The van der Waals surface area contributed by atoms with Gasteiger partial charge in [0.1, 0.15) is 17.2 Å². The zero-order chi connectivity index (χ0) is 30.1. The summed E-state index contributed by atoms with van der Waals surface area (Å²) in [6.07, 6.45) is 3.31. The van der Waals surface area contributed by atoms with Crippen LogP contribution >= 0.6 is 24.4 Å². The highest BCUT2D eigenvalue weighted by atomic mass is 35.5. The summed E-state index contributed by atoms with van der Waals surface area (Å²) >= 11 is 11.2. The molecule has 0 bridgehead atoms. The van der Waals surface area contributed by atoms with Crippen molar-refractivity contribution in [2.45, 2.75) is 37.1 Å². The van der Waals surface area contributed by atoms with E-state index in [9.17, 15) is 18.4 Å². The van der Waals surface area contributed by atoms with Crippen molar-refractivity contribution < 1.29 is 23.1 Å². The molecule has 3 aromatic carbocycles. The van der Waals surface area contributed by atoms with Crippen molar-refractivity contribution in [3.8, 4) is 11.6 Å². The van der Waals surface area contributed by atoms with Crippen LogP contribution < -0.4 is 9.64 Å². The number of carbonyl (C=O) groups excluding carboxylic acids is 2. The van der Waals surface area contributed by atoms with Crippen LogP contribution in [0.1, 0.15) is 48.4 Å². The standard InChI is InChI=1S/C33H28ClF2N3O3S/c34-25-8-3-2-7-24(25)31-28(40)20-33(39(43)32(31)41,21-11-13-22(14-12-21)38-17-4-1-5-18-38)29-9-6-10-30(37-29)42-23-15-16-26(35)27(36)19-23/h2-3,6-16,19,31,43H,1,4-5,17-18,20H2. The average molecular weight is 620 g/mol. The number of thiol groups is 1. The predicted molar refractivity (Wildman–Crippen MR) is 164 cm³/mol. The number of anilines is 1. The number of hydrogen-bond donors (Lipinski definition) is 1. The van der Waals surface area contributed by atoms with Gasteiger partial charge in [0, 0.05) is 42.4 Å². The molecular formula is C33H28ClF2N3O3S. The number of pyridine rings is 1. The summed E-state index contributed by atoms with van der Waals surface area (Å²) in [5, 5.41) is 0.314. The number of amides is 1. The topological polar surface area (TPSA) is 62.7 Å². The molecule has 2 atom stereocenters. The fourth-order valence-electron chi connectivity index (χ4n) is 5.93. The summed E-state index contributed by atoms with van der Waals surface area (Å²) in [6, 6.07) is 22.6. The molecule has 1 amide bonds. The van der Waals surface area contributed by atoms with E-state index in [1.54, 1.807) is 42.5 Å². The average Bonchev–Trinajstić information content (AvgIpc) is 3.02. The van der Waals surface area contributed by atoms with Crippen LogP contribution in [-0.2, 0) is 15.1 Å². The van der Waals surface area contributed by atoms with Crippen molar-refractivity contribution in [2.75, 3.05) is 18.0 Å². The molecule has 0 saturated carbocycles. The Bertz CT molecular complexity index is 1680. The minimum atomic E-state index is -1.40. The van der Waals surface area contributed by atoms with Gasteiger partial charge in [0.05, 0.1) is 5.69 Å². The molecule has 2 fully saturated rings. The molecule has 2 aliphatic heterocycles. The second-order valence-corrected chi connectivity index (χ2v) is 11.5. The first kappa shape index (κ1) is 29.1. The fourth-order valence-corrected chi connectivity index (χ4v) is 6.58. The smallest absolute Gasteiger partial charge is 0.248 e. The lowest BCUT2D eigenvalue weighted by Crippen LogP contribution is -2.54. The van der Waals surface area contributed by atoms with Gasteiger partial charge in [-0.2, -0.15) is 0 Å². The zero-order valence-corrected chi connectivity index (χ0v) is 24.7. The number of ether oxygens (including phenoxy) is 1. The highest BCUT2D eigenvalue weighted by Crippen LogP contribution is 2.48. The first-order valence-corrected chi connectivity index (χ1v) is 14.8. The molecule has 2 unspecified atom stereocenters. The SMILES string of the molecule is O=C1CC(c2ccc(N3CCCCC3)cc2)(c2cccc(Oc3ccc(F)c(F)c3)n2)N(S)C(=O)C1c1ccccc1Cl. The Kier molecular flexibility index (Phi) is 8.11. The maximum atomic E-state index is 14.0. The molecule has 0 N–H and O–H groups in total. The van der Waals surface area contributed by atoms with Gasteiger partial charge in [-0.05, 0) is 66.8 Å². The van der Waals surface area contributed by atoms with Crippen molar-refractivity contribution >= 4 is 41.8 Å². The first-order valence-electron chi connectivity index (χ1n) is 14.0. The molecule has 2 aliphatic rings. The van der Waals surface area contributed by atoms with Crippen molar-refractivity contribution in [2.24, 2.45) is 0 Å². The van der Waals surface area contributed by atoms with Gasteiger partial charge < -0.3 is 9.64 Å². The van der Waals surface area contributed by atoms with E-state index in [-0.39, 0.29) is 23.8 Å². The number of rotatable bonds is 6. The van der Waals surface area contributed by atoms with Gasteiger partial charge in [-0.25, -0.2) is 13.8 Å². The van der Waals surface area contributed by atoms with Crippen LogP contribution in [0.25, 0.3) is 0 Å². The summed E-state index contributed by atoms with van der Waals surface area (Å²) in [4.78, 5) is 35.0. The van der Waals surface area contributed by atoms with Gasteiger partial charge in [-0.15, -0.1) is 0 Å². The summed E-state index contributed by atoms with van der Waals surface area (Å²) in [5.41, 5.74) is 1.03. The third kappa shape index (κ3) is 5.47. The van der Waals surface area contributed by atoms with Gasteiger partial charge in [0.15, 0.2) is 17.4 Å². The highest BCUT2D eigenvalue weighted by Gasteiger charge is 2.53. The number of Topliss-reactive ketones (excluding diaryl/α,β-unsaturated/α-hetero) is 1. The van der Waals surface area contributed by atoms with Gasteiger partial charge in [-0.3, -0.25) is 13.9 Å². The van der Waals surface area contributed by atoms with Crippen LogP contribution in [0.2, 0.25) is 5.02 Å². The monoisotopic (exact) mass is 619 g/mol. The minimum Gasteiger partial charge on any atom is -0.439 e. The van der Waals surface area contributed by atoms with Gasteiger partial charge in [-0.1, -0.05) is 60.8 Å². The molecule has 1 aromatic heterocycles. The second-order valence-electron chi connectivity index (χ2n) is 10.7.